The van der Waals surface area contributed by atoms with Crippen LogP contribution in [-0.4, -0.2) is 10.2 Å². The summed E-state index contributed by atoms with van der Waals surface area (Å²) in [5, 5.41) is 11.6. The molecule has 0 fully saturated rings. The van der Waals surface area contributed by atoms with Crippen LogP contribution in [0.2, 0.25) is 0 Å². The van der Waals surface area contributed by atoms with E-state index in [0.29, 0.717) is 0 Å². The van der Waals surface area contributed by atoms with Gasteiger partial charge in [0.2, 0.25) is 0 Å². The van der Waals surface area contributed by atoms with Crippen LogP contribution in [0.1, 0.15) is 31.9 Å². The summed E-state index contributed by atoms with van der Waals surface area (Å²) in [6.45, 7) is 7.54. The van der Waals surface area contributed by atoms with E-state index in [-0.39, 0.29) is 5.41 Å². The molecule has 0 bridgehead atoms. The van der Waals surface area contributed by atoms with Gasteiger partial charge in [-0.2, -0.15) is 5.10 Å². The number of H-pyrrole nitrogens is 1. The first kappa shape index (κ1) is 13.7. The Balaban J connectivity index is 1.69. The van der Waals surface area contributed by atoms with Crippen LogP contribution in [-0.2, 0) is 12.0 Å². The zero-order valence-corrected chi connectivity index (χ0v) is 12.8. The molecule has 0 unspecified atom stereocenters. The summed E-state index contributed by atoms with van der Waals surface area (Å²) in [6, 6.07) is 15.1. The fourth-order valence-electron chi connectivity index (χ4n) is 2.38. The topological polar surface area (TPSA) is 40.7 Å². The Bertz CT molecular complexity index is 733. The van der Waals surface area contributed by atoms with Crippen LogP contribution in [0.3, 0.4) is 0 Å². The van der Waals surface area contributed by atoms with Gasteiger partial charge in [-0.3, -0.25) is 5.10 Å². The largest absolute Gasteiger partial charge is 0.381 e. The summed E-state index contributed by atoms with van der Waals surface area (Å²) in [5.41, 5.74) is 5.04. The molecule has 0 radical (unpaired) electrons. The lowest BCUT2D eigenvalue weighted by Crippen LogP contribution is -2.11. The van der Waals surface area contributed by atoms with Crippen molar-refractivity contribution >= 4 is 16.6 Å². The number of rotatable bonds is 3. The molecular formula is C18H21N3. The predicted molar refractivity (Wildman–Crippen MR) is 88.6 cm³/mol. The molecule has 3 heteroatoms. The number of fused-ring (bicyclic) bond motifs is 1. The highest BCUT2D eigenvalue weighted by Crippen LogP contribution is 2.22. The summed E-state index contributed by atoms with van der Waals surface area (Å²) in [4.78, 5) is 0. The first-order valence-corrected chi connectivity index (χ1v) is 7.29. The fourth-order valence-corrected chi connectivity index (χ4v) is 2.38. The van der Waals surface area contributed by atoms with E-state index in [4.69, 9.17) is 0 Å². The van der Waals surface area contributed by atoms with Crippen molar-refractivity contribution in [1.29, 1.82) is 0 Å². The monoisotopic (exact) mass is 279 g/mol. The van der Waals surface area contributed by atoms with Gasteiger partial charge in [-0.05, 0) is 34.7 Å². The Morgan fingerprint density at radius 1 is 1.05 bits per heavy atom. The minimum Gasteiger partial charge on any atom is -0.381 e. The van der Waals surface area contributed by atoms with Gasteiger partial charge in [0, 0.05) is 17.6 Å². The predicted octanol–water partition coefficient (Wildman–Crippen LogP) is 4.47. The molecule has 1 heterocycles. The third-order valence-corrected chi connectivity index (χ3v) is 3.76. The second-order valence-corrected chi connectivity index (χ2v) is 6.47. The highest BCUT2D eigenvalue weighted by molar-refractivity contribution is 5.81. The first-order chi connectivity index (χ1) is 10.0. The lowest BCUT2D eigenvalue weighted by molar-refractivity contribution is 0.590. The normalized spacial score (nSPS) is 11.8. The summed E-state index contributed by atoms with van der Waals surface area (Å²) in [5.74, 6) is 0. The molecule has 0 saturated heterocycles. The fraction of sp³-hybridized carbons (Fsp3) is 0.278. The van der Waals surface area contributed by atoms with E-state index in [1.165, 1.54) is 11.1 Å². The van der Waals surface area contributed by atoms with Crippen molar-refractivity contribution in [2.75, 3.05) is 5.32 Å². The van der Waals surface area contributed by atoms with Gasteiger partial charge in [0.05, 0.1) is 11.7 Å². The number of nitrogens with zero attached hydrogens (tertiary/aromatic N) is 1. The van der Waals surface area contributed by atoms with E-state index in [9.17, 15) is 0 Å². The van der Waals surface area contributed by atoms with Crippen molar-refractivity contribution in [2.24, 2.45) is 0 Å². The molecule has 3 rings (SSSR count). The summed E-state index contributed by atoms with van der Waals surface area (Å²) in [6.07, 6.45) is 1.85. The summed E-state index contributed by atoms with van der Waals surface area (Å²) >= 11 is 0. The zero-order valence-electron chi connectivity index (χ0n) is 12.8. The van der Waals surface area contributed by atoms with Gasteiger partial charge in [0.1, 0.15) is 0 Å². The zero-order chi connectivity index (χ0) is 14.9. The first-order valence-electron chi connectivity index (χ1n) is 7.29. The van der Waals surface area contributed by atoms with Crippen LogP contribution >= 0.6 is 0 Å². The van der Waals surface area contributed by atoms with Crippen molar-refractivity contribution in [2.45, 2.75) is 32.7 Å². The molecule has 3 nitrogen and oxygen atoms in total. The second-order valence-electron chi connectivity index (χ2n) is 6.47. The van der Waals surface area contributed by atoms with Crippen LogP contribution in [0.4, 0.5) is 5.69 Å². The lowest BCUT2D eigenvalue weighted by atomic mass is 9.87. The van der Waals surface area contributed by atoms with Crippen LogP contribution in [0, 0.1) is 0 Å². The van der Waals surface area contributed by atoms with E-state index in [1.807, 2.05) is 12.3 Å². The minimum absolute atomic E-state index is 0.207. The van der Waals surface area contributed by atoms with Crippen molar-refractivity contribution in [3.05, 3.63) is 59.8 Å². The van der Waals surface area contributed by atoms with Gasteiger partial charge in [0.25, 0.3) is 0 Å². The average molecular weight is 279 g/mol. The van der Waals surface area contributed by atoms with E-state index < -0.39 is 0 Å². The maximum atomic E-state index is 4.04. The quantitative estimate of drug-likeness (QED) is 0.742. The Morgan fingerprint density at radius 3 is 2.52 bits per heavy atom. The van der Waals surface area contributed by atoms with Crippen molar-refractivity contribution in [1.82, 2.24) is 10.2 Å². The number of hydrogen-bond acceptors (Lipinski definition) is 2. The van der Waals surface area contributed by atoms with Gasteiger partial charge in [0.15, 0.2) is 0 Å². The molecule has 0 aliphatic rings. The maximum Gasteiger partial charge on any atom is 0.0651 e. The Kier molecular flexibility index (Phi) is 3.42. The molecule has 0 atom stereocenters. The molecule has 2 aromatic carbocycles. The highest BCUT2D eigenvalue weighted by Gasteiger charge is 2.12. The summed E-state index contributed by atoms with van der Waals surface area (Å²) < 4.78 is 0. The Hall–Kier alpha value is -2.29. The molecular weight excluding hydrogens is 258 g/mol. The molecule has 0 aliphatic heterocycles. The SMILES string of the molecule is CC(C)(C)c1ccc(CNc2ccc3[nH]ncc3c2)cc1. The molecule has 0 aliphatic carbocycles. The molecule has 3 aromatic rings. The van der Waals surface area contributed by atoms with E-state index >= 15 is 0 Å². The van der Waals surface area contributed by atoms with Crippen molar-refractivity contribution in [3.8, 4) is 0 Å². The van der Waals surface area contributed by atoms with Crippen LogP contribution < -0.4 is 5.32 Å². The highest BCUT2D eigenvalue weighted by atomic mass is 15.1. The molecule has 0 amide bonds. The smallest absolute Gasteiger partial charge is 0.0651 e. The number of nitrogens with one attached hydrogen (secondary N) is 2. The van der Waals surface area contributed by atoms with E-state index in [2.05, 4.69) is 72.7 Å². The van der Waals surface area contributed by atoms with Crippen LogP contribution in [0.25, 0.3) is 10.9 Å². The molecule has 1 aromatic heterocycles. The van der Waals surface area contributed by atoms with Crippen molar-refractivity contribution < 1.29 is 0 Å². The molecule has 0 spiro atoms. The number of anilines is 1. The Labute approximate surface area is 125 Å². The van der Waals surface area contributed by atoms with E-state index in [0.717, 1.165) is 23.1 Å². The second kappa shape index (κ2) is 5.24. The lowest BCUT2D eigenvalue weighted by Gasteiger charge is -2.19. The molecule has 21 heavy (non-hydrogen) atoms. The van der Waals surface area contributed by atoms with E-state index in [1.54, 1.807) is 0 Å². The number of benzene rings is 2. The van der Waals surface area contributed by atoms with Gasteiger partial charge in [-0.15, -0.1) is 0 Å². The standard InChI is InChI=1S/C18H21N3/c1-18(2,3)15-6-4-13(5-7-15)11-19-16-8-9-17-14(10-16)12-20-21-17/h4-10,12,19H,11H2,1-3H3,(H,20,21). The Morgan fingerprint density at radius 2 is 1.81 bits per heavy atom. The molecule has 0 saturated carbocycles. The third kappa shape index (κ3) is 3.07. The average Bonchev–Trinajstić information content (AvgIpc) is 2.92. The van der Waals surface area contributed by atoms with Gasteiger partial charge in [-0.1, -0.05) is 45.0 Å². The molecule has 108 valence electrons. The van der Waals surface area contributed by atoms with Crippen molar-refractivity contribution in [3.63, 3.8) is 0 Å². The van der Waals surface area contributed by atoms with Gasteiger partial charge < -0.3 is 5.32 Å². The maximum absolute atomic E-state index is 4.04. The van der Waals surface area contributed by atoms with Gasteiger partial charge in [-0.25, -0.2) is 0 Å². The van der Waals surface area contributed by atoms with Crippen LogP contribution in [0.15, 0.2) is 48.7 Å². The molecule has 2 N–H and O–H groups in total. The number of hydrogen-bond donors (Lipinski definition) is 2. The number of aromatic amines is 1. The third-order valence-electron chi connectivity index (χ3n) is 3.76. The minimum atomic E-state index is 0.207. The van der Waals surface area contributed by atoms with Crippen LogP contribution in [0.5, 0.6) is 0 Å². The number of aromatic nitrogens is 2. The summed E-state index contributed by atoms with van der Waals surface area (Å²) in [7, 11) is 0. The van der Waals surface area contributed by atoms with Gasteiger partial charge >= 0.3 is 0 Å².